The van der Waals surface area contributed by atoms with Gasteiger partial charge in [0.15, 0.2) is 0 Å². The highest BCUT2D eigenvalue weighted by Crippen LogP contribution is 2.46. The number of fused-ring (bicyclic) bond motifs is 10. The summed E-state index contributed by atoms with van der Waals surface area (Å²) >= 11 is 0. The molecule has 0 atom stereocenters. The molecule has 6 heterocycles. The van der Waals surface area contributed by atoms with Crippen LogP contribution >= 0.6 is 0 Å². The summed E-state index contributed by atoms with van der Waals surface area (Å²) in [5, 5.41) is 5.03. The van der Waals surface area contributed by atoms with Gasteiger partial charge in [-0.15, -0.1) is 0 Å². The van der Waals surface area contributed by atoms with Crippen LogP contribution in [0.25, 0.3) is 77.2 Å². The molecule has 6 heteroatoms. The van der Waals surface area contributed by atoms with E-state index in [1.807, 2.05) is 24.8 Å². The molecule has 0 bridgehead atoms. The molecule has 316 valence electrons. The molecule has 2 aliphatic rings. The molecule has 13 rings (SSSR count). The van der Waals surface area contributed by atoms with Gasteiger partial charge in [-0.25, -0.2) is 0 Å². The van der Waals surface area contributed by atoms with E-state index in [-0.39, 0.29) is 17.5 Å². The highest BCUT2D eigenvalue weighted by atomic mass is 15.2. The smallest absolute Gasteiger partial charge is 0.252 e. The predicted molar refractivity (Wildman–Crippen MR) is 278 cm³/mol. The van der Waals surface area contributed by atoms with E-state index in [2.05, 4.69) is 223 Å². The van der Waals surface area contributed by atoms with Gasteiger partial charge in [0.05, 0.1) is 22.2 Å². The lowest BCUT2D eigenvalue weighted by atomic mass is 9.33. The Morgan fingerprint density at radius 2 is 0.970 bits per heavy atom. The summed E-state index contributed by atoms with van der Waals surface area (Å²) in [4.78, 5) is 11.3. The molecule has 0 N–H and O–H groups in total. The minimum Gasteiger partial charge on any atom is -0.311 e. The Bertz CT molecular complexity index is 3710. The predicted octanol–water partition coefficient (Wildman–Crippen LogP) is 13.2. The van der Waals surface area contributed by atoms with Gasteiger partial charge in [-0.1, -0.05) is 120 Å². The van der Waals surface area contributed by atoms with Gasteiger partial charge in [0, 0.05) is 74.6 Å². The van der Waals surface area contributed by atoms with Crippen molar-refractivity contribution in [3.05, 3.63) is 194 Å². The topological polar surface area (TPSA) is 38.9 Å². The molecule has 5 nitrogen and oxygen atoms in total. The van der Waals surface area contributed by atoms with E-state index < -0.39 is 0 Å². The molecular weight excluding hydrogens is 802 g/mol. The average Bonchev–Trinajstić information content (AvgIpc) is 3.85. The van der Waals surface area contributed by atoms with Gasteiger partial charge in [0.2, 0.25) is 0 Å². The summed E-state index contributed by atoms with van der Waals surface area (Å²) in [6, 6.07) is 59.7. The van der Waals surface area contributed by atoms with Crippen LogP contribution in [-0.2, 0) is 10.8 Å². The Hall–Kier alpha value is -7.70. The van der Waals surface area contributed by atoms with Gasteiger partial charge in [-0.05, 0) is 139 Å². The summed E-state index contributed by atoms with van der Waals surface area (Å²) in [6.45, 7) is 13.8. The maximum atomic E-state index is 4.41. The maximum absolute atomic E-state index is 4.41. The number of rotatable bonds is 4. The SMILES string of the molecule is CC(C)(C)c1ccc2c3ccc(C(C)(C)C)cc3n(-c3cc4c5c(c3)-n3c6ccccc6c6cc(-c7ccncc7)cc(c63)B5c3cc(-c5ccncc5)ccc3N4c3ccccc3)c2c1. The molecule has 0 spiro atoms. The molecule has 0 aliphatic carbocycles. The molecule has 7 aromatic carbocycles. The summed E-state index contributed by atoms with van der Waals surface area (Å²) in [7, 11) is 0. The van der Waals surface area contributed by atoms with Crippen molar-refractivity contribution in [1.29, 1.82) is 0 Å². The summed E-state index contributed by atoms with van der Waals surface area (Å²) in [6.07, 6.45) is 7.59. The van der Waals surface area contributed by atoms with E-state index in [0.717, 1.165) is 22.5 Å². The first kappa shape index (κ1) is 38.7. The van der Waals surface area contributed by atoms with Crippen LogP contribution in [0.4, 0.5) is 17.1 Å². The second kappa shape index (κ2) is 13.9. The maximum Gasteiger partial charge on any atom is 0.252 e. The third kappa shape index (κ3) is 5.67. The van der Waals surface area contributed by atoms with Crippen molar-refractivity contribution in [2.24, 2.45) is 0 Å². The van der Waals surface area contributed by atoms with Crippen molar-refractivity contribution < 1.29 is 0 Å². The van der Waals surface area contributed by atoms with Gasteiger partial charge in [-0.3, -0.25) is 9.97 Å². The molecule has 66 heavy (non-hydrogen) atoms. The van der Waals surface area contributed by atoms with Crippen LogP contribution in [0, 0.1) is 0 Å². The van der Waals surface area contributed by atoms with Crippen molar-refractivity contribution in [1.82, 2.24) is 19.1 Å². The Morgan fingerprint density at radius 1 is 0.394 bits per heavy atom. The second-order valence-electron chi connectivity index (χ2n) is 20.4. The number of pyridine rings is 2. The first-order valence-corrected chi connectivity index (χ1v) is 23.2. The highest BCUT2D eigenvalue weighted by Gasteiger charge is 2.43. The lowest BCUT2D eigenvalue weighted by Gasteiger charge is -2.41. The molecule has 0 saturated carbocycles. The molecule has 0 saturated heterocycles. The van der Waals surface area contributed by atoms with Gasteiger partial charge >= 0.3 is 0 Å². The lowest BCUT2D eigenvalue weighted by molar-refractivity contribution is 0.591. The zero-order valence-corrected chi connectivity index (χ0v) is 38.1. The Labute approximate surface area is 385 Å². The molecule has 0 fully saturated rings. The Balaban J connectivity index is 1.21. The van der Waals surface area contributed by atoms with E-state index >= 15 is 0 Å². The average molecular weight is 850 g/mol. The number of aromatic nitrogens is 4. The standard InChI is InChI=1S/C60H48BN5/c1-59(2,3)41-17-19-46-47-20-18-42(60(4,5)6)34-54(47)65(53(46)33-41)44-35-55-57-56(36-44)66-51-15-11-10-14-45(51)48-30-40(38-24-28-63-29-25-38)32-50(58(48)66)61(57)49-31-39(37-22-26-62-27-23-37)16-21-52(49)64(55)43-12-8-7-9-13-43/h7-36H,1-6H3. The Morgan fingerprint density at radius 3 is 1.62 bits per heavy atom. The fourth-order valence-electron chi connectivity index (χ4n) is 11.1. The number of anilines is 3. The van der Waals surface area contributed by atoms with Crippen molar-refractivity contribution in [3.63, 3.8) is 0 Å². The van der Waals surface area contributed by atoms with Crippen LogP contribution in [0.2, 0.25) is 0 Å². The van der Waals surface area contributed by atoms with Crippen LogP contribution in [0.1, 0.15) is 52.7 Å². The molecule has 2 aliphatic heterocycles. The minimum atomic E-state index is -0.0694. The van der Waals surface area contributed by atoms with Crippen LogP contribution in [0.5, 0.6) is 0 Å². The van der Waals surface area contributed by atoms with Crippen LogP contribution in [0.15, 0.2) is 183 Å². The monoisotopic (exact) mass is 849 g/mol. The van der Waals surface area contributed by atoms with Crippen LogP contribution in [-0.4, -0.2) is 25.8 Å². The summed E-state index contributed by atoms with van der Waals surface area (Å²) < 4.78 is 5.15. The van der Waals surface area contributed by atoms with E-state index in [9.17, 15) is 0 Å². The molecule has 0 unspecified atom stereocenters. The van der Waals surface area contributed by atoms with Crippen molar-refractivity contribution >= 4 is 83.8 Å². The molecule has 0 radical (unpaired) electrons. The van der Waals surface area contributed by atoms with Crippen molar-refractivity contribution in [2.45, 2.75) is 52.4 Å². The van der Waals surface area contributed by atoms with E-state index in [1.165, 1.54) is 99.3 Å². The number of hydrogen-bond acceptors (Lipinski definition) is 3. The number of hydrogen-bond donors (Lipinski definition) is 0. The fourth-order valence-corrected chi connectivity index (χ4v) is 11.1. The third-order valence-electron chi connectivity index (χ3n) is 14.4. The lowest BCUT2D eigenvalue weighted by Crippen LogP contribution is -2.60. The number of nitrogens with zero attached hydrogens (tertiary/aromatic N) is 5. The minimum absolute atomic E-state index is 0.0292. The summed E-state index contributed by atoms with van der Waals surface area (Å²) in [5.41, 5.74) is 21.9. The van der Waals surface area contributed by atoms with Gasteiger partial charge in [-0.2, -0.15) is 0 Å². The second-order valence-corrected chi connectivity index (χ2v) is 20.4. The highest BCUT2D eigenvalue weighted by molar-refractivity contribution is 7.00. The van der Waals surface area contributed by atoms with Gasteiger partial charge in [0.25, 0.3) is 6.71 Å². The zero-order chi connectivity index (χ0) is 44.6. The number of para-hydroxylation sites is 2. The molecule has 11 aromatic rings. The van der Waals surface area contributed by atoms with Gasteiger partial charge in [0.1, 0.15) is 0 Å². The van der Waals surface area contributed by atoms with Crippen molar-refractivity contribution in [3.8, 4) is 33.6 Å². The Kier molecular flexibility index (Phi) is 8.16. The third-order valence-corrected chi connectivity index (χ3v) is 14.4. The molecular formula is C60H48BN5. The van der Waals surface area contributed by atoms with Crippen molar-refractivity contribution in [2.75, 3.05) is 4.90 Å². The first-order valence-electron chi connectivity index (χ1n) is 23.2. The first-order chi connectivity index (χ1) is 32.0. The van der Waals surface area contributed by atoms with Gasteiger partial charge < -0.3 is 14.0 Å². The summed E-state index contributed by atoms with van der Waals surface area (Å²) in [5.74, 6) is 0. The largest absolute Gasteiger partial charge is 0.311 e. The quantitative estimate of drug-likeness (QED) is 0.166. The van der Waals surface area contributed by atoms with Crippen LogP contribution < -0.4 is 21.3 Å². The van der Waals surface area contributed by atoms with E-state index in [1.54, 1.807) is 0 Å². The fraction of sp³-hybridized carbons (Fsp3) is 0.133. The molecule has 4 aromatic heterocycles. The van der Waals surface area contributed by atoms with E-state index in [4.69, 9.17) is 0 Å². The van der Waals surface area contributed by atoms with Crippen LogP contribution in [0.3, 0.4) is 0 Å². The zero-order valence-electron chi connectivity index (χ0n) is 38.1. The normalized spacial score (nSPS) is 13.2. The van der Waals surface area contributed by atoms with E-state index in [0.29, 0.717) is 0 Å². The number of benzene rings is 7. The molecule has 0 amide bonds.